The summed E-state index contributed by atoms with van der Waals surface area (Å²) in [5.74, 6) is 0.671. The van der Waals surface area contributed by atoms with Crippen molar-refractivity contribution in [1.29, 1.82) is 0 Å². The summed E-state index contributed by atoms with van der Waals surface area (Å²) in [7, 11) is 0. The summed E-state index contributed by atoms with van der Waals surface area (Å²) in [6, 6.07) is 6.51. The minimum Gasteiger partial charge on any atom is -0.385 e. The highest BCUT2D eigenvalue weighted by Gasteiger charge is 2.16. The van der Waals surface area contributed by atoms with Crippen molar-refractivity contribution in [3.63, 3.8) is 0 Å². The second kappa shape index (κ2) is 4.44. The van der Waals surface area contributed by atoms with E-state index in [4.69, 9.17) is 9.47 Å². The smallest absolute Gasteiger partial charge is 0.0725 e. The van der Waals surface area contributed by atoms with Crippen molar-refractivity contribution in [1.82, 2.24) is 0 Å². The van der Waals surface area contributed by atoms with Crippen molar-refractivity contribution in [2.75, 3.05) is 25.1 Å². The summed E-state index contributed by atoms with van der Waals surface area (Å²) >= 11 is 0. The maximum absolute atomic E-state index is 5.40. The van der Waals surface area contributed by atoms with E-state index in [9.17, 15) is 0 Å². The zero-order valence-electron chi connectivity index (χ0n) is 9.37. The predicted molar refractivity (Wildman–Crippen MR) is 62.4 cm³/mol. The largest absolute Gasteiger partial charge is 0.385 e. The Bertz CT molecular complexity index is 372. The molecule has 16 heavy (non-hydrogen) atoms. The van der Waals surface area contributed by atoms with Crippen LogP contribution in [0.15, 0.2) is 18.2 Å². The summed E-state index contributed by atoms with van der Waals surface area (Å²) < 4.78 is 10.8. The van der Waals surface area contributed by atoms with Crippen LogP contribution in [0.3, 0.4) is 0 Å². The van der Waals surface area contributed by atoms with Gasteiger partial charge in [-0.3, -0.25) is 0 Å². The second-order valence-electron chi connectivity index (χ2n) is 4.59. The van der Waals surface area contributed by atoms with Gasteiger partial charge in [0.25, 0.3) is 0 Å². The summed E-state index contributed by atoms with van der Waals surface area (Å²) in [5.41, 5.74) is 3.86. The second-order valence-corrected chi connectivity index (χ2v) is 4.59. The molecule has 1 saturated heterocycles. The van der Waals surface area contributed by atoms with Gasteiger partial charge in [0, 0.05) is 24.8 Å². The molecule has 2 heterocycles. The molecule has 1 unspecified atom stereocenters. The van der Waals surface area contributed by atoms with E-state index >= 15 is 0 Å². The van der Waals surface area contributed by atoms with Gasteiger partial charge in [-0.15, -0.1) is 0 Å². The highest BCUT2D eigenvalue weighted by atomic mass is 16.5. The molecule has 1 aromatic rings. The van der Waals surface area contributed by atoms with Crippen molar-refractivity contribution in [2.24, 2.45) is 5.92 Å². The summed E-state index contributed by atoms with van der Waals surface area (Å²) in [5, 5.41) is 3.48. The Balaban J connectivity index is 1.61. The molecule has 3 heteroatoms. The molecule has 86 valence electrons. The number of hydrogen-bond donors (Lipinski definition) is 1. The average Bonchev–Trinajstić information content (AvgIpc) is 2.97. The van der Waals surface area contributed by atoms with Gasteiger partial charge in [0.05, 0.1) is 19.8 Å². The molecule has 1 aromatic carbocycles. The number of benzene rings is 1. The third-order valence-electron chi connectivity index (χ3n) is 3.34. The minimum absolute atomic E-state index is 0.671. The molecule has 0 bridgehead atoms. The van der Waals surface area contributed by atoms with Crippen LogP contribution in [0, 0.1) is 5.92 Å². The van der Waals surface area contributed by atoms with Crippen molar-refractivity contribution in [3.8, 4) is 0 Å². The molecule has 1 N–H and O–H groups in total. The number of anilines is 1. The maximum Gasteiger partial charge on any atom is 0.0725 e. The summed E-state index contributed by atoms with van der Waals surface area (Å²) in [6.45, 7) is 4.37. The van der Waals surface area contributed by atoms with E-state index in [1.807, 2.05) is 0 Å². The van der Waals surface area contributed by atoms with Gasteiger partial charge in [0.2, 0.25) is 0 Å². The van der Waals surface area contributed by atoms with Crippen LogP contribution in [0.4, 0.5) is 5.69 Å². The van der Waals surface area contributed by atoms with Gasteiger partial charge in [0.1, 0.15) is 0 Å². The lowest BCUT2D eigenvalue weighted by molar-refractivity contribution is 0.134. The molecule has 0 spiro atoms. The zero-order chi connectivity index (χ0) is 10.8. The fraction of sp³-hybridized carbons (Fsp3) is 0.538. The van der Waals surface area contributed by atoms with Crippen LogP contribution in [-0.2, 0) is 22.7 Å². The van der Waals surface area contributed by atoms with Crippen molar-refractivity contribution >= 4 is 5.69 Å². The van der Waals surface area contributed by atoms with E-state index in [0.29, 0.717) is 5.92 Å². The summed E-state index contributed by atoms with van der Waals surface area (Å²) in [4.78, 5) is 0. The Morgan fingerprint density at radius 1 is 1.19 bits per heavy atom. The third kappa shape index (κ3) is 2.06. The van der Waals surface area contributed by atoms with Gasteiger partial charge in [-0.2, -0.15) is 0 Å². The van der Waals surface area contributed by atoms with Crippen LogP contribution in [0.1, 0.15) is 17.5 Å². The lowest BCUT2D eigenvalue weighted by atomic mass is 10.1. The topological polar surface area (TPSA) is 30.5 Å². The Kier molecular flexibility index (Phi) is 2.80. The van der Waals surface area contributed by atoms with Crippen LogP contribution >= 0.6 is 0 Å². The third-order valence-corrected chi connectivity index (χ3v) is 3.34. The van der Waals surface area contributed by atoms with Gasteiger partial charge in [0.15, 0.2) is 0 Å². The number of rotatable bonds is 3. The Hall–Kier alpha value is -1.06. The Labute approximate surface area is 95.8 Å². The molecule has 0 saturated carbocycles. The van der Waals surface area contributed by atoms with Gasteiger partial charge < -0.3 is 14.8 Å². The molecule has 2 aliphatic rings. The molecule has 0 amide bonds. The number of hydrogen-bond acceptors (Lipinski definition) is 3. The first kappa shape index (κ1) is 10.1. The fourth-order valence-electron chi connectivity index (χ4n) is 2.29. The first-order valence-electron chi connectivity index (χ1n) is 5.93. The summed E-state index contributed by atoms with van der Waals surface area (Å²) in [6.07, 6.45) is 1.18. The van der Waals surface area contributed by atoms with E-state index in [-0.39, 0.29) is 0 Å². The molecule has 0 aromatic heterocycles. The predicted octanol–water partition coefficient (Wildman–Crippen LogP) is 2.17. The van der Waals surface area contributed by atoms with E-state index in [2.05, 4.69) is 23.5 Å². The van der Waals surface area contributed by atoms with Crippen LogP contribution in [-0.4, -0.2) is 19.8 Å². The molecule has 2 aliphatic heterocycles. The highest BCUT2D eigenvalue weighted by Crippen LogP contribution is 2.23. The monoisotopic (exact) mass is 219 g/mol. The fourth-order valence-corrected chi connectivity index (χ4v) is 2.29. The molecule has 0 aliphatic carbocycles. The number of ether oxygens (including phenoxy) is 2. The van der Waals surface area contributed by atoms with Gasteiger partial charge in [-0.25, -0.2) is 0 Å². The highest BCUT2D eigenvalue weighted by molar-refractivity contribution is 5.49. The van der Waals surface area contributed by atoms with Gasteiger partial charge >= 0.3 is 0 Å². The van der Waals surface area contributed by atoms with Crippen LogP contribution < -0.4 is 5.32 Å². The average molecular weight is 219 g/mol. The van der Waals surface area contributed by atoms with Crippen LogP contribution in [0.5, 0.6) is 0 Å². The first-order valence-corrected chi connectivity index (χ1v) is 5.93. The molecule has 3 rings (SSSR count). The maximum atomic E-state index is 5.40. The lowest BCUT2D eigenvalue weighted by Gasteiger charge is -2.11. The van der Waals surface area contributed by atoms with E-state index in [1.165, 1.54) is 23.2 Å². The number of nitrogens with one attached hydrogen (secondary N) is 1. The van der Waals surface area contributed by atoms with Crippen LogP contribution in [0.25, 0.3) is 0 Å². The van der Waals surface area contributed by atoms with Crippen molar-refractivity contribution in [2.45, 2.75) is 19.6 Å². The molecule has 3 nitrogen and oxygen atoms in total. The lowest BCUT2D eigenvalue weighted by Crippen LogP contribution is -2.14. The zero-order valence-corrected chi connectivity index (χ0v) is 9.37. The molecule has 1 atom stereocenters. The van der Waals surface area contributed by atoms with E-state index < -0.39 is 0 Å². The molecular weight excluding hydrogens is 202 g/mol. The Morgan fingerprint density at radius 3 is 3.00 bits per heavy atom. The van der Waals surface area contributed by atoms with Crippen molar-refractivity contribution < 1.29 is 9.47 Å². The van der Waals surface area contributed by atoms with Gasteiger partial charge in [-0.1, -0.05) is 6.07 Å². The molecule has 1 fully saturated rings. The Morgan fingerprint density at radius 2 is 2.12 bits per heavy atom. The standard InChI is InChI=1S/C13H17NO2/c1-2-13(5-12-9-16-8-11(1)12)14-6-10-3-4-15-7-10/h1-2,5,10,14H,3-4,6-9H2. The molecule has 0 radical (unpaired) electrons. The number of fused-ring (bicyclic) bond motifs is 1. The quantitative estimate of drug-likeness (QED) is 0.845. The van der Waals surface area contributed by atoms with E-state index in [1.54, 1.807) is 0 Å². The first-order chi connectivity index (χ1) is 7.92. The molecular formula is C13H17NO2. The normalized spacial score (nSPS) is 23.4. The van der Waals surface area contributed by atoms with E-state index in [0.717, 1.165) is 33.0 Å². The van der Waals surface area contributed by atoms with Crippen molar-refractivity contribution in [3.05, 3.63) is 29.3 Å². The van der Waals surface area contributed by atoms with Gasteiger partial charge in [-0.05, 0) is 29.7 Å². The SMILES string of the molecule is c1cc2c(cc1NCC1CCOC1)COC2. The van der Waals surface area contributed by atoms with Crippen LogP contribution in [0.2, 0.25) is 0 Å². The minimum atomic E-state index is 0.671.